The fourth-order valence-corrected chi connectivity index (χ4v) is 12.3. The van der Waals surface area contributed by atoms with Gasteiger partial charge in [0.2, 0.25) is 11.9 Å². The SMILES string of the molecule is [2H]c1c([2H])c([2H])c(-c2c([2H])c([2H])c([2H])c([Si](c3ccccc3)(c3ccccc3)c3c([2H])c([2H])c([2H])c(-c4nc(-n5c6c([2H])c([2H])c([2H])c([2H])c6c6c([2H])c([2H])c([2H])c([2H])c65)nc(-n5c6c([2H])c([2H])c([2H])c([2H])c6c6c([2H])c(O)c([2H])c([2H])c65)n4)c3[2H])c2[2H])c(O)c1[2H]. The molecule has 12 aromatic rings. The van der Waals surface area contributed by atoms with Crippen LogP contribution in [0.4, 0.5) is 0 Å². The maximum absolute atomic E-state index is 11.6. The van der Waals surface area contributed by atoms with Crippen LogP contribution in [0, 0.1) is 0 Å². The fourth-order valence-electron chi connectivity index (χ4n) is 8.02. The molecule has 2 N–H and O–H groups in total. The molecule has 0 fully saturated rings. The summed E-state index contributed by atoms with van der Waals surface area (Å²) in [4.78, 5) is 14.1. The van der Waals surface area contributed by atoms with Crippen molar-refractivity contribution in [2.45, 2.75) is 0 Å². The Morgan fingerprint density at radius 3 is 1.46 bits per heavy atom. The van der Waals surface area contributed by atoms with Gasteiger partial charge in [-0.15, -0.1) is 0 Å². The average Bonchev–Trinajstić information content (AvgIpc) is 0.988. The smallest absolute Gasteiger partial charge is 0.240 e. The van der Waals surface area contributed by atoms with Gasteiger partial charge in [0.1, 0.15) is 11.5 Å². The minimum absolute atomic E-state index is 0.0779. The zero-order valence-corrected chi connectivity index (χ0v) is 33.9. The van der Waals surface area contributed by atoms with Gasteiger partial charge in [0.15, 0.2) is 13.9 Å². The lowest BCUT2D eigenvalue weighted by atomic mass is 10.1. The topological polar surface area (TPSA) is 89.0 Å². The number of hydrogen-bond acceptors (Lipinski definition) is 5. The van der Waals surface area contributed by atoms with Crippen molar-refractivity contribution in [2.24, 2.45) is 0 Å². The number of aromatic hydroxyl groups is 2. The van der Waals surface area contributed by atoms with Gasteiger partial charge in [-0.1, -0.05) is 182 Å². The Bertz CT molecular complexity index is 4960. The van der Waals surface area contributed by atoms with Gasteiger partial charge in [0.05, 0.1) is 59.1 Å². The Kier molecular flexibility index (Phi) is 4.58. The van der Waals surface area contributed by atoms with Crippen molar-refractivity contribution in [3.8, 4) is 45.9 Å². The van der Waals surface area contributed by atoms with Gasteiger partial charge in [-0.25, -0.2) is 0 Å². The van der Waals surface area contributed by atoms with Crippen LogP contribution in [0.15, 0.2) is 224 Å². The number of benzene rings is 9. The zero-order chi connectivity index (χ0) is 67.0. The quantitative estimate of drug-likeness (QED) is 0.117. The van der Waals surface area contributed by atoms with Crippen LogP contribution in [0.3, 0.4) is 0 Å². The molecule has 3 heterocycles. The number of nitrogens with zero attached hydrogens (tertiary/aromatic N) is 5. The molecule has 65 heavy (non-hydrogen) atoms. The van der Waals surface area contributed by atoms with Gasteiger partial charge in [0, 0.05) is 32.7 Å². The second-order valence-corrected chi connectivity index (χ2v) is 17.9. The van der Waals surface area contributed by atoms with Crippen molar-refractivity contribution in [3.05, 3.63) is 224 Å². The monoisotopic (exact) mass is 880 g/mol. The van der Waals surface area contributed by atoms with E-state index >= 15 is 0 Å². The van der Waals surface area contributed by atoms with Crippen LogP contribution in [0.25, 0.3) is 78.0 Å². The lowest BCUT2D eigenvalue weighted by Gasteiger charge is -2.35. The van der Waals surface area contributed by atoms with Crippen molar-refractivity contribution in [3.63, 3.8) is 0 Å². The summed E-state index contributed by atoms with van der Waals surface area (Å²) in [6.45, 7) is 0. The van der Waals surface area contributed by atoms with Crippen LogP contribution in [-0.2, 0) is 0 Å². The van der Waals surface area contributed by atoms with E-state index in [4.69, 9.17) is 30.5 Å². The molecule has 0 aliphatic rings. The Hall–Kier alpha value is -8.59. The highest BCUT2D eigenvalue weighted by molar-refractivity contribution is 7.20. The first-order valence-corrected chi connectivity index (χ1v) is 21.5. The maximum Gasteiger partial charge on any atom is 0.240 e. The molecule has 0 unspecified atom stereocenters. The summed E-state index contributed by atoms with van der Waals surface area (Å²) in [5, 5.41) is 19.6. The van der Waals surface area contributed by atoms with E-state index in [1.165, 1.54) is 48.5 Å². The van der Waals surface area contributed by atoms with Gasteiger partial charge in [-0.3, -0.25) is 9.13 Å². The molecule has 0 bridgehead atoms. The first kappa shape index (κ1) is 19.4. The average molecular weight is 881 g/mol. The van der Waals surface area contributed by atoms with E-state index in [0.717, 1.165) is 9.13 Å². The van der Waals surface area contributed by atoms with Gasteiger partial charge >= 0.3 is 0 Å². The summed E-state index contributed by atoms with van der Waals surface area (Å²) in [5.74, 6) is -5.08. The molecule has 0 spiro atoms. The zero-order valence-electron chi connectivity index (χ0n) is 59.9. The number of fused-ring (bicyclic) bond motifs is 6. The summed E-state index contributed by atoms with van der Waals surface area (Å²) in [5.41, 5.74) is -5.04. The van der Waals surface area contributed by atoms with Gasteiger partial charge in [0.25, 0.3) is 0 Å². The first-order valence-electron chi connectivity index (χ1n) is 33.0. The fraction of sp³-hybridized carbons (Fsp3) is 0. The van der Waals surface area contributed by atoms with Crippen LogP contribution in [-0.4, -0.2) is 42.4 Å². The molecule has 7 nitrogen and oxygen atoms in total. The van der Waals surface area contributed by atoms with Crippen molar-refractivity contribution in [2.75, 3.05) is 0 Å². The Morgan fingerprint density at radius 2 is 0.877 bits per heavy atom. The maximum atomic E-state index is 11.6. The number of phenolic OH excluding ortho intramolecular Hbond substituents is 2. The van der Waals surface area contributed by atoms with Crippen molar-refractivity contribution in [1.82, 2.24) is 24.1 Å². The largest absolute Gasteiger partial charge is 0.508 e. The first-order chi connectivity index (χ1) is 43.3. The van der Waals surface area contributed by atoms with Crippen molar-refractivity contribution in [1.29, 1.82) is 0 Å². The second kappa shape index (κ2) is 15.3. The van der Waals surface area contributed by atoms with E-state index in [1.54, 1.807) is 12.1 Å². The minimum Gasteiger partial charge on any atom is -0.508 e. The molecule has 0 saturated heterocycles. The molecule has 9 aromatic carbocycles. The Morgan fingerprint density at radius 1 is 0.400 bits per heavy atom. The number of aromatic nitrogens is 5. The predicted molar refractivity (Wildman–Crippen MR) is 266 cm³/mol. The second-order valence-electron chi connectivity index (χ2n) is 14.3. The van der Waals surface area contributed by atoms with E-state index in [1.807, 2.05) is 0 Å². The molecule has 0 saturated carbocycles. The number of para-hydroxylation sites is 4. The molecule has 3 aromatic heterocycles. The molecule has 0 atom stereocenters. The third-order valence-electron chi connectivity index (χ3n) is 10.7. The van der Waals surface area contributed by atoms with Crippen LogP contribution in [0.2, 0.25) is 0 Å². The van der Waals surface area contributed by atoms with E-state index in [9.17, 15) is 26.7 Å². The molecule has 0 amide bonds. The highest BCUT2D eigenvalue weighted by atomic mass is 28.3. The predicted octanol–water partition coefficient (Wildman–Crippen LogP) is 10.2. The molecule has 12 rings (SSSR count). The molecule has 0 aliphatic heterocycles. The summed E-state index contributed by atoms with van der Waals surface area (Å²) in [6, 6.07) is -9.91. The van der Waals surface area contributed by atoms with Gasteiger partial charge in [-0.2, -0.15) is 15.0 Å². The third-order valence-corrected chi connectivity index (χ3v) is 15.1. The molecule has 0 aliphatic carbocycles. The summed E-state index contributed by atoms with van der Waals surface area (Å²) in [7, 11) is -5.22. The molecule has 308 valence electrons. The number of rotatable bonds is 8. The Balaban J connectivity index is 1.35. The van der Waals surface area contributed by atoms with Crippen LogP contribution >= 0.6 is 0 Å². The minimum atomic E-state index is -5.22. The number of hydrogen-bond donors (Lipinski definition) is 2. The molecular formula is C57H39N5O2Si. The summed E-state index contributed by atoms with van der Waals surface area (Å²) >= 11 is 0. The van der Waals surface area contributed by atoms with E-state index in [-0.39, 0.29) is 10.4 Å². The van der Waals surface area contributed by atoms with Crippen LogP contribution in [0.1, 0.15) is 37.0 Å². The van der Waals surface area contributed by atoms with E-state index in [2.05, 4.69) is 4.98 Å². The number of phenols is 2. The van der Waals surface area contributed by atoms with Crippen molar-refractivity contribution >= 4 is 72.4 Å². The molecular weight excluding hydrogens is 815 g/mol. The van der Waals surface area contributed by atoms with Gasteiger partial charge in [-0.05, 0) is 68.6 Å². The Labute approximate surface area is 413 Å². The van der Waals surface area contributed by atoms with E-state index < -0.39 is 271 Å². The summed E-state index contributed by atoms with van der Waals surface area (Å²) < 4.78 is 251. The van der Waals surface area contributed by atoms with Crippen LogP contribution in [0.5, 0.6) is 11.5 Å². The lowest BCUT2D eigenvalue weighted by Crippen LogP contribution is -2.74. The highest BCUT2D eigenvalue weighted by Crippen LogP contribution is 2.36. The molecule has 0 radical (unpaired) electrons. The normalized spacial score (nSPS) is 17.6. The van der Waals surface area contributed by atoms with Crippen LogP contribution < -0.4 is 20.7 Å². The highest BCUT2D eigenvalue weighted by Gasteiger charge is 2.42. The van der Waals surface area contributed by atoms with E-state index in [0.29, 0.717) is 0 Å². The van der Waals surface area contributed by atoms with Crippen molar-refractivity contribution < 1.29 is 47.2 Å². The molecule has 8 heteroatoms. The summed E-state index contributed by atoms with van der Waals surface area (Å²) in [6.07, 6.45) is 0. The lowest BCUT2D eigenvalue weighted by molar-refractivity contribution is 0.476. The van der Waals surface area contributed by atoms with Gasteiger partial charge < -0.3 is 10.2 Å². The standard InChI is InChI=1S/C57H39N5O2Si/c63-40-33-34-53-49(37-40)48-28-9-13-31-52(48)62(53)57-59-55(58-56(60-57)61-50-29-11-7-26-46(50)47-27-8-12-30-51(47)61)39-18-16-24-44(36-39)65(41-19-3-1-4-20-41,42-21-5-2-6-22-42)43-23-15-17-38(35-43)45-25-10-14-32-54(45)64/h1-37,63-64H/i7D,8D,9D,10D,11D,12D,13D,14D,15D,16D,17D,18D,23D,24D,25D,26D,27D,28D,29D,30D,31D,32D,33D,34D,35D,36D,37D. The third kappa shape index (κ3) is 6.14.